The number of anilines is 2. The first kappa shape index (κ1) is 21.4. The number of hydrogen-bond donors (Lipinski definition) is 1. The number of amides is 2. The third-order valence-corrected chi connectivity index (χ3v) is 5.28. The maximum Gasteiger partial charge on any atom is 0.263 e. The summed E-state index contributed by atoms with van der Waals surface area (Å²) in [5.41, 5.74) is 2.69. The molecule has 9 heteroatoms. The van der Waals surface area contributed by atoms with Crippen molar-refractivity contribution in [3.05, 3.63) is 66.1 Å². The van der Waals surface area contributed by atoms with E-state index in [0.29, 0.717) is 28.5 Å². The van der Waals surface area contributed by atoms with E-state index in [4.69, 9.17) is 4.74 Å². The van der Waals surface area contributed by atoms with Gasteiger partial charge in [-0.1, -0.05) is 18.2 Å². The molecule has 1 aromatic carbocycles. The highest BCUT2D eigenvalue weighted by Crippen LogP contribution is 2.40. The Morgan fingerprint density at radius 2 is 1.94 bits per heavy atom. The van der Waals surface area contributed by atoms with Crippen molar-refractivity contribution in [1.82, 2.24) is 9.97 Å². The van der Waals surface area contributed by atoms with Crippen LogP contribution in [-0.2, 0) is 9.59 Å². The van der Waals surface area contributed by atoms with Gasteiger partial charge in [-0.15, -0.1) is 0 Å². The van der Waals surface area contributed by atoms with E-state index in [-0.39, 0.29) is 18.0 Å². The minimum atomic E-state index is -2.59. The summed E-state index contributed by atoms with van der Waals surface area (Å²) in [5, 5.41) is 2.65. The summed E-state index contributed by atoms with van der Waals surface area (Å²) < 4.78 is 30.7. The van der Waals surface area contributed by atoms with Gasteiger partial charge >= 0.3 is 0 Å². The van der Waals surface area contributed by atoms with E-state index in [0.717, 1.165) is 5.56 Å². The SMILES string of the molecule is COc1cc2c(cn1)-c1cccnc1[C@H](C)C(=O)N2CC(=O)Nc1ccc(C(F)F)cc1. The van der Waals surface area contributed by atoms with Crippen LogP contribution in [0, 0.1) is 0 Å². The summed E-state index contributed by atoms with van der Waals surface area (Å²) in [7, 11) is 1.46. The van der Waals surface area contributed by atoms with Crippen molar-refractivity contribution in [1.29, 1.82) is 0 Å². The molecular formula is C23H20F2N4O3. The lowest BCUT2D eigenvalue weighted by Crippen LogP contribution is -2.40. The van der Waals surface area contributed by atoms with E-state index in [1.807, 2.05) is 6.07 Å². The van der Waals surface area contributed by atoms with Crippen molar-refractivity contribution in [2.45, 2.75) is 19.3 Å². The number of methoxy groups -OCH3 is 1. The Bertz CT molecular complexity index is 1170. The molecule has 1 N–H and O–H groups in total. The van der Waals surface area contributed by atoms with Gasteiger partial charge in [-0.05, 0) is 25.1 Å². The van der Waals surface area contributed by atoms with Crippen LogP contribution in [0.15, 0.2) is 54.9 Å². The maximum atomic E-state index is 13.3. The number of hydrogen-bond acceptors (Lipinski definition) is 5. The van der Waals surface area contributed by atoms with Crippen LogP contribution in [0.4, 0.5) is 20.2 Å². The monoisotopic (exact) mass is 438 g/mol. The summed E-state index contributed by atoms with van der Waals surface area (Å²) >= 11 is 0. The van der Waals surface area contributed by atoms with E-state index in [1.165, 1.54) is 36.3 Å². The number of nitrogens with zero attached hydrogens (tertiary/aromatic N) is 3. The molecule has 0 unspecified atom stereocenters. The van der Waals surface area contributed by atoms with Crippen molar-refractivity contribution in [3.63, 3.8) is 0 Å². The lowest BCUT2D eigenvalue weighted by atomic mass is 9.98. The first-order valence-corrected chi connectivity index (χ1v) is 9.87. The third-order valence-electron chi connectivity index (χ3n) is 5.28. The van der Waals surface area contributed by atoms with Gasteiger partial charge in [0.05, 0.1) is 24.4 Å². The van der Waals surface area contributed by atoms with Gasteiger partial charge in [-0.3, -0.25) is 14.6 Å². The number of rotatable bonds is 5. The molecule has 2 amide bonds. The predicted octanol–water partition coefficient (Wildman–Crippen LogP) is 4.18. The van der Waals surface area contributed by atoms with E-state index in [1.54, 1.807) is 31.5 Å². The highest BCUT2D eigenvalue weighted by molar-refractivity contribution is 6.09. The Hall–Kier alpha value is -3.88. The van der Waals surface area contributed by atoms with Gasteiger partial charge in [0, 0.05) is 40.8 Å². The molecule has 2 aromatic heterocycles. The molecule has 164 valence electrons. The van der Waals surface area contributed by atoms with Crippen molar-refractivity contribution < 1.29 is 23.1 Å². The summed E-state index contributed by atoms with van der Waals surface area (Å²) in [4.78, 5) is 36.1. The lowest BCUT2D eigenvalue weighted by molar-refractivity contribution is -0.122. The normalized spacial score (nSPS) is 15.1. The molecule has 1 aliphatic rings. The number of halogens is 2. The quantitative estimate of drug-likeness (QED) is 0.646. The molecule has 4 rings (SSSR count). The van der Waals surface area contributed by atoms with E-state index >= 15 is 0 Å². The first-order valence-electron chi connectivity index (χ1n) is 9.87. The highest BCUT2D eigenvalue weighted by Gasteiger charge is 2.34. The summed E-state index contributed by atoms with van der Waals surface area (Å²) in [6.07, 6.45) is 0.616. The zero-order valence-corrected chi connectivity index (χ0v) is 17.4. The molecule has 0 aliphatic carbocycles. The predicted molar refractivity (Wildman–Crippen MR) is 115 cm³/mol. The largest absolute Gasteiger partial charge is 0.481 e. The number of benzene rings is 1. The fraction of sp³-hybridized carbons (Fsp3) is 0.217. The Morgan fingerprint density at radius 1 is 1.19 bits per heavy atom. The standard InChI is InChI=1S/C23H20F2N4O3/c1-13-21-16(4-3-9-26-21)17-11-27-20(32-2)10-18(17)29(23(13)31)12-19(30)28-15-7-5-14(6-8-15)22(24)25/h3-11,13,22H,12H2,1-2H3,(H,28,30)/t13-/m0/s1. The second-order valence-electron chi connectivity index (χ2n) is 7.30. The number of carbonyl (C=O) groups is 2. The summed E-state index contributed by atoms with van der Waals surface area (Å²) in [6, 6.07) is 10.5. The van der Waals surface area contributed by atoms with Crippen molar-refractivity contribution in [3.8, 4) is 17.0 Å². The molecule has 0 fully saturated rings. The van der Waals surface area contributed by atoms with Gasteiger partial charge in [0.1, 0.15) is 6.54 Å². The average Bonchev–Trinajstić information content (AvgIpc) is 2.89. The van der Waals surface area contributed by atoms with E-state index in [2.05, 4.69) is 15.3 Å². The van der Waals surface area contributed by atoms with Crippen LogP contribution in [0.1, 0.15) is 30.5 Å². The molecule has 7 nitrogen and oxygen atoms in total. The maximum absolute atomic E-state index is 13.3. The number of nitrogens with one attached hydrogen (secondary N) is 1. The number of fused-ring (bicyclic) bond motifs is 3. The van der Waals surface area contributed by atoms with Gasteiger partial charge in [-0.25, -0.2) is 13.8 Å². The van der Waals surface area contributed by atoms with Crippen LogP contribution >= 0.6 is 0 Å². The molecule has 0 bridgehead atoms. The number of pyridine rings is 2. The second-order valence-corrected chi connectivity index (χ2v) is 7.30. The van der Waals surface area contributed by atoms with Crippen LogP contribution < -0.4 is 15.0 Å². The van der Waals surface area contributed by atoms with Gasteiger partial charge < -0.3 is 15.0 Å². The Labute approximate surface area is 183 Å². The smallest absolute Gasteiger partial charge is 0.263 e. The molecule has 1 aliphatic heterocycles. The average molecular weight is 438 g/mol. The molecule has 0 saturated heterocycles. The van der Waals surface area contributed by atoms with Crippen molar-refractivity contribution >= 4 is 23.2 Å². The number of carbonyl (C=O) groups excluding carboxylic acids is 2. The van der Waals surface area contributed by atoms with Gasteiger partial charge in [-0.2, -0.15) is 0 Å². The van der Waals surface area contributed by atoms with Crippen LogP contribution in [0.5, 0.6) is 5.88 Å². The number of aromatic nitrogens is 2. The second kappa shape index (κ2) is 8.70. The van der Waals surface area contributed by atoms with E-state index in [9.17, 15) is 18.4 Å². The fourth-order valence-electron chi connectivity index (χ4n) is 3.65. The highest BCUT2D eigenvalue weighted by atomic mass is 19.3. The molecule has 0 saturated carbocycles. The zero-order valence-electron chi connectivity index (χ0n) is 17.4. The van der Waals surface area contributed by atoms with Gasteiger partial charge in [0.15, 0.2) is 0 Å². The van der Waals surface area contributed by atoms with E-state index < -0.39 is 18.3 Å². The number of ether oxygens (including phenoxy) is 1. The Balaban J connectivity index is 1.67. The van der Waals surface area contributed by atoms with Crippen molar-refractivity contribution in [2.75, 3.05) is 23.9 Å². The molecule has 0 spiro atoms. The van der Waals surface area contributed by atoms with Crippen LogP contribution in [0.3, 0.4) is 0 Å². The molecular weight excluding hydrogens is 418 g/mol. The van der Waals surface area contributed by atoms with Crippen LogP contribution in [0.25, 0.3) is 11.1 Å². The topological polar surface area (TPSA) is 84.4 Å². The number of alkyl halides is 2. The molecule has 3 heterocycles. The van der Waals surface area contributed by atoms with Crippen molar-refractivity contribution in [2.24, 2.45) is 0 Å². The van der Waals surface area contributed by atoms with Crippen LogP contribution in [0.2, 0.25) is 0 Å². The Kier molecular flexibility index (Phi) is 5.81. The molecule has 0 radical (unpaired) electrons. The molecule has 3 aromatic rings. The summed E-state index contributed by atoms with van der Waals surface area (Å²) in [6.45, 7) is 1.45. The minimum Gasteiger partial charge on any atom is -0.481 e. The lowest BCUT2D eigenvalue weighted by Gasteiger charge is -2.24. The Morgan fingerprint density at radius 3 is 2.62 bits per heavy atom. The summed E-state index contributed by atoms with van der Waals surface area (Å²) in [5.74, 6) is -1.08. The zero-order chi connectivity index (χ0) is 22.8. The fourth-order valence-corrected chi connectivity index (χ4v) is 3.65. The minimum absolute atomic E-state index is 0.140. The third kappa shape index (κ3) is 4.01. The molecule has 1 atom stereocenters. The van der Waals surface area contributed by atoms with Crippen LogP contribution in [-0.4, -0.2) is 35.4 Å². The van der Waals surface area contributed by atoms with Gasteiger partial charge in [0.25, 0.3) is 6.43 Å². The van der Waals surface area contributed by atoms with Gasteiger partial charge in [0.2, 0.25) is 17.7 Å². The molecule has 32 heavy (non-hydrogen) atoms. The first-order chi connectivity index (χ1) is 15.4.